The van der Waals surface area contributed by atoms with Crippen molar-refractivity contribution in [3.8, 4) is 22.9 Å². The number of nitrogens with zero attached hydrogens (tertiary/aromatic N) is 6. The Hall–Kier alpha value is -5.31. The summed E-state index contributed by atoms with van der Waals surface area (Å²) in [5.41, 5.74) is 2.07. The number of nitrogens with one attached hydrogen (secondary N) is 2. The number of hydrogen-bond acceptors (Lipinski definition) is 11. The Labute approximate surface area is 301 Å². The molecule has 52 heavy (non-hydrogen) atoms. The first-order valence-corrected chi connectivity index (χ1v) is 18.8. The van der Waals surface area contributed by atoms with Crippen LogP contribution in [-0.2, 0) is 21.4 Å². The van der Waals surface area contributed by atoms with Gasteiger partial charge in [0.15, 0.2) is 23.1 Å². The van der Waals surface area contributed by atoms with E-state index in [1.54, 1.807) is 32.4 Å². The molecule has 1 aliphatic carbocycles. The number of halogens is 1. The molecule has 3 aromatic heterocycles. The van der Waals surface area contributed by atoms with E-state index in [2.05, 4.69) is 30.6 Å². The van der Waals surface area contributed by atoms with E-state index >= 15 is 4.39 Å². The molecular formula is C37H41FN8O5S. The van der Waals surface area contributed by atoms with E-state index in [-0.39, 0.29) is 52.2 Å². The van der Waals surface area contributed by atoms with E-state index in [1.807, 2.05) is 24.0 Å². The van der Waals surface area contributed by atoms with Crippen molar-refractivity contribution in [1.82, 2.24) is 28.8 Å². The summed E-state index contributed by atoms with van der Waals surface area (Å²) in [6.07, 6.45) is 8.75. The predicted octanol–water partition coefficient (Wildman–Crippen LogP) is 5.80. The number of carbonyl (C=O) groups excluding carboxylic acids is 1. The standard InChI is InChI=1S/C37H41FN8O5S/c1-23-9-13-28(14-10-23)52(48,49)46-21-29(32-35(41-22-42-36(32)46)39-19-25-11-12-27(50-2)18-31(25)51-3)33-40-20-30(38)34(44-33)43-26-8-6-7-24(17-26)37(47)45-15-4-5-16-45/h9-14,18,20-22,24,26H,4-8,15-17,19H2,1-3H3,(H,39,41,42)(H,40,43,44)/t24-,26+/m0/s1. The number of likely N-dealkylation sites (tertiary alicyclic amines) is 1. The van der Waals surface area contributed by atoms with Crippen LogP contribution >= 0.6 is 0 Å². The highest BCUT2D eigenvalue weighted by atomic mass is 32.2. The summed E-state index contributed by atoms with van der Waals surface area (Å²) in [5, 5.41) is 6.88. The number of hydrogen-bond donors (Lipinski definition) is 2. The lowest BCUT2D eigenvalue weighted by Gasteiger charge is -2.31. The van der Waals surface area contributed by atoms with Gasteiger partial charge in [0.1, 0.15) is 23.6 Å². The van der Waals surface area contributed by atoms with E-state index in [1.165, 1.54) is 24.7 Å². The second-order valence-electron chi connectivity index (χ2n) is 13.2. The van der Waals surface area contributed by atoms with Crippen LogP contribution in [0.2, 0.25) is 0 Å². The zero-order valence-electron chi connectivity index (χ0n) is 29.3. The number of anilines is 2. The first-order chi connectivity index (χ1) is 25.2. The molecular weight excluding hydrogens is 688 g/mol. The summed E-state index contributed by atoms with van der Waals surface area (Å²) in [5.74, 6) is 0.958. The van der Waals surface area contributed by atoms with Crippen molar-refractivity contribution in [1.29, 1.82) is 0 Å². The highest BCUT2D eigenvalue weighted by molar-refractivity contribution is 7.90. The maximum atomic E-state index is 15.4. The third-order valence-electron chi connectivity index (χ3n) is 9.84. The van der Waals surface area contributed by atoms with Gasteiger partial charge in [-0.05, 0) is 63.3 Å². The Morgan fingerprint density at radius 3 is 2.52 bits per heavy atom. The van der Waals surface area contributed by atoms with Gasteiger partial charge in [0.2, 0.25) is 5.91 Å². The van der Waals surface area contributed by atoms with Crippen LogP contribution in [0.15, 0.2) is 66.1 Å². The predicted molar refractivity (Wildman–Crippen MR) is 194 cm³/mol. The molecule has 4 heterocycles. The summed E-state index contributed by atoms with van der Waals surface area (Å²) in [6, 6.07) is 11.8. The van der Waals surface area contributed by atoms with Gasteiger partial charge in [-0.15, -0.1) is 0 Å². The minimum Gasteiger partial charge on any atom is -0.497 e. The molecule has 1 saturated carbocycles. The normalized spacial score (nSPS) is 17.7. The van der Waals surface area contributed by atoms with Crippen molar-refractivity contribution in [2.75, 3.05) is 37.9 Å². The number of aromatic nitrogens is 5. The van der Waals surface area contributed by atoms with Crippen molar-refractivity contribution in [2.45, 2.75) is 62.9 Å². The van der Waals surface area contributed by atoms with Crippen LogP contribution in [-0.4, -0.2) is 76.5 Å². The van der Waals surface area contributed by atoms with Crippen LogP contribution in [0, 0.1) is 18.7 Å². The van der Waals surface area contributed by atoms with Crippen molar-refractivity contribution in [2.24, 2.45) is 5.92 Å². The van der Waals surface area contributed by atoms with Crippen LogP contribution < -0.4 is 20.1 Å². The summed E-state index contributed by atoms with van der Waals surface area (Å²) >= 11 is 0. The van der Waals surface area contributed by atoms with Gasteiger partial charge in [0.05, 0.1) is 36.3 Å². The van der Waals surface area contributed by atoms with Gasteiger partial charge in [-0.1, -0.05) is 24.1 Å². The fourth-order valence-corrected chi connectivity index (χ4v) is 8.37. The first kappa shape index (κ1) is 35.1. The second kappa shape index (κ2) is 14.7. The highest BCUT2D eigenvalue weighted by Gasteiger charge is 2.32. The smallest absolute Gasteiger partial charge is 0.269 e. The van der Waals surface area contributed by atoms with Gasteiger partial charge < -0.3 is 25.0 Å². The van der Waals surface area contributed by atoms with Crippen LogP contribution in [0.3, 0.4) is 0 Å². The molecule has 0 spiro atoms. The summed E-state index contributed by atoms with van der Waals surface area (Å²) in [7, 11) is -1.02. The Bertz CT molecular complexity index is 2210. The van der Waals surface area contributed by atoms with E-state index in [4.69, 9.17) is 9.47 Å². The van der Waals surface area contributed by atoms with E-state index in [9.17, 15) is 13.2 Å². The Morgan fingerprint density at radius 1 is 0.981 bits per heavy atom. The zero-order chi connectivity index (χ0) is 36.4. The number of benzene rings is 2. The quantitative estimate of drug-likeness (QED) is 0.170. The van der Waals surface area contributed by atoms with E-state index < -0.39 is 15.8 Å². The average Bonchev–Trinajstić information content (AvgIpc) is 3.85. The Kier molecular flexibility index (Phi) is 9.95. The number of amides is 1. The minimum atomic E-state index is -4.15. The van der Waals surface area contributed by atoms with Gasteiger partial charge in [0, 0.05) is 49.4 Å². The molecule has 7 rings (SSSR count). The number of aryl methyl sites for hydroxylation is 1. The Balaban J connectivity index is 1.27. The molecule has 2 fully saturated rings. The highest BCUT2D eigenvalue weighted by Crippen LogP contribution is 2.36. The summed E-state index contributed by atoms with van der Waals surface area (Å²) < 4.78 is 55.6. The lowest BCUT2D eigenvalue weighted by molar-refractivity contribution is -0.135. The summed E-state index contributed by atoms with van der Waals surface area (Å²) in [4.78, 5) is 33.0. The third kappa shape index (κ3) is 6.96. The van der Waals surface area contributed by atoms with Crippen molar-refractivity contribution < 1.29 is 27.1 Å². The number of carbonyl (C=O) groups is 1. The van der Waals surface area contributed by atoms with Crippen LogP contribution in [0.5, 0.6) is 11.5 Å². The fraction of sp³-hybridized carbons (Fsp3) is 0.378. The maximum absolute atomic E-state index is 15.4. The van der Waals surface area contributed by atoms with E-state index in [0.717, 1.165) is 66.5 Å². The molecule has 2 aromatic carbocycles. The Morgan fingerprint density at radius 2 is 1.77 bits per heavy atom. The second-order valence-corrected chi connectivity index (χ2v) is 15.1. The molecule has 2 atom stereocenters. The van der Waals surface area contributed by atoms with Crippen LogP contribution in [0.25, 0.3) is 22.4 Å². The van der Waals surface area contributed by atoms with Gasteiger partial charge >= 0.3 is 0 Å². The molecule has 15 heteroatoms. The van der Waals surface area contributed by atoms with E-state index in [0.29, 0.717) is 29.1 Å². The maximum Gasteiger partial charge on any atom is 0.269 e. The largest absolute Gasteiger partial charge is 0.497 e. The summed E-state index contributed by atoms with van der Waals surface area (Å²) in [6.45, 7) is 3.71. The monoisotopic (exact) mass is 728 g/mol. The molecule has 0 radical (unpaired) electrons. The van der Waals surface area contributed by atoms with Crippen molar-refractivity contribution in [3.05, 3.63) is 78.1 Å². The van der Waals surface area contributed by atoms with Crippen molar-refractivity contribution in [3.63, 3.8) is 0 Å². The van der Waals surface area contributed by atoms with Gasteiger partial charge in [-0.25, -0.2) is 36.7 Å². The fourth-order valence-electron chi connectivity index (χ4n) is 7.05. The zero-order valence-corrected chi connectivity index (χ0v) is 30.1. The number of fused-ring (bicyclic) bond motifs is 1. The molecule has 2 N–H and O–H groups in total. The third-order valence-corrected chi connectivity index (χ3v) is 11.5. The first-order valence-electron chi connectivity index (χ1n) is 17.4. The lowest BCUT2D eigenvalue weighted by atomic mass is 9.84. The van der Waals surface area contributed by atoms with Gasteiger partial charge in [-0.2, -0.15) is 0 Å². The number of methoxy groups -OCH3 is 2. The molecule has 5 aromatic rings. The van der Waals surface area contributed by atoms with Gasteiger partial charge in [-0.3, -0.25) is 4.79 Å². The average molecular weight is 729 g/mol. The molecule has 2 aliphatic rings. The topological polar surface area (TPSA) is 153 Å². The number of rotatable bonds is 11. The molecule has 1 saturated heterocycles. The molecule has 1 aliphatic heterocycles. The van der Waals surface area contributed by atoms with Crippen molar-refractivity contribution >= 4 is 38.6 Å². The molecule has 13 nitrogen and oxygen atoms in total. The van der Waals surface area contributed by atoms with Crippen LogP contribution in [0.1, 0.15) is 49.7 Å². The molecule has 0 unspecified atom stereocenters. The van der Waals surface area contributed by atoms with Crippen LogP contribution in [0.4, 0.5) is 16.0 Å². The van der Waals surface area contributed by atoms with Gasteiger partial charge in [0.25, 0.3) is 10.0 Å². The SMILES string of the molecule is COc1ccc(CNc2ncnc3c2c(-c2ncc(F)c(N[C@@H]4CCC[C@H](C(=O)N5CCCC5)C4)n2)cn3S(=O)(=O)c2ccc(C)cc2)c(OC)c1. The molecule has 0 bridgehead atoms. The molecule has 272 valence electrons. The molecule has 1 amide bonds. The lowest BCUT2D eigenvalue weighted by Crippen LogP contribution is -2.39. The minimum absolute atomic E-state index is 0.0270. The number of ether oxygens (including phenoxy) is 2.